The van der Waals surface area contributed by atoms with Crippen LogP contribution in [0.25, 0.3) is 0 Å². The van der Waals surface area contributed by atoms with Gasteiger partial charge in [0.05, 0.1) is 0 Å². The molecule has 0 aliphatic heterocycles. The van der Waals surface area contributed by atoms with Crippen LogP contribution in [-0.4, -0.2) is 16.9 Å². The first-order chi connectivity index (χ1) is 7.02. The molecule has 0 amide bonds. The van der Waals surface area contributed by atoms with Gasteiger partial charge >= 0.3 is 5.97 Å². The number of hydrogen-bond donors (Lipinski definition) is 1. The van der Waals surface area contributed by atoms with Gasteiger partial charge in [-0.1, -0.05) is 18.2 Å². The Morgan fingerprint density at radius 1 is 1.20 bits per heavy atom. The normalized spacial score (nSPS) is 10.5. The maximum atomic E-state index is 11.6. The Morgan fingerprint density at radius 3 is 2.47 bits per heavy atom. The lowest BCUT2D eigenvalue weighted by molar-refractivity contribution is -0.131. The fourth-order valence-corrected chi connectivity index (χ4v) is 1.25. The van der Waals surface area contributed by atoms with E-state index in [-0.39, 0.29) is 5.78 Å². The molecule has 15 heavy (non-hydrogen) atoms. The Morgan fingerprint density at radius 2 is 1.87 bits per heavy atom. The minimum absolute atomic E-state index is 0.279. The highest BCUT2D eigenvalue weighted by atomic mass is 16.4. The van der Waals surface area contributed by atoms with Crippen LogP contribution in [0.4, 0.5) is 0 Å². The summed E-state index contributed by atoms with van der Waals surface area (Å²) in [5.41, 5.74) is 2.45. The number of rotatable bonds is 3. The van der Waals surface area contributed by atoms with Gasteiger partial charge in [-0.3, -0.25) is 4.79 Å². The molecule has 0 atom stereocenters. The summed E-state index contributed by atoms with van der Waals surface area (Å²) in [4.78, 5) is 21.8. The second-order valence-electron chi connectivity index (χ2n) is 3.28. The molecule has 0 bridgehead atoms. The molecule has 1 aromatic rings. The fraction of sp³-hybridized carbons (Fsp3) is 0.167. The Kier molecular flexibility index (Phi) is 3.39. The number of benzene rings is 1. The van der Waals surface area contributed by atoms with Crippen molar-refractivity contribution in [2.24, 2.45) is 0 Å². The van der Waals surface area contributed by atoms with Crippen LogP contribution in [0.3, 0.4) is 0 Å². The zero-order chi connectivity index (χ0) is 11.4. The van der Waals surface area contributed by atoms with Crippen LogP contribution in [-0.2, 0) is 4.79 Å². The van der Waals surface area contributed by atoms with Crippen LogP contribution in [0.5, 0.6) is 0 Å². The summed E-state index contributed by atoms with van der Waals surface area (Å²) in [7, 11) is 0. The van der Waals surface area contributed by atoms with Gasteiger partial charge in [0.25, 0.3) is 0 Å². The van der Waals surface area contributed by atoms with E-state index in [4.69, 9.17) is 5.11 Å². The van der Waals surface area contributed by atoms with Crippen molar-refractivity contribution in [3.8, 4) is 0 Å². The molecule has 0 heterocycles. The van der Waals surface area contributed by atoms with Gasteiger partial charge in [0, 0.05) is 11.6 Å². The number of ketones is 1. The van der Waals surface area contributed by atoms with E-state index in [9.17, 15) is 9.59 Å². The van der Waals surface area contributed by atoms with Gasteiger partial charge in [-0.25, -0.2) is 4.79 Å². The number of carboxylic acid groups (broad SMARTS) is 1. The highest BCUT2D eigenvalue weighted by molar-refractivity contribution is 6.07. The standard InChI is InChI=1S/C12H12O3/c1-8-4-3-5-10(9(8)2)11(13)6-7-12(14)15/h3-7H,1-2H3,(H,14,15). The zero-order valence-corrected chi connectivity index (χ0v) is 8.65. The van der Waals surface area contributed by atoms with Crippen LogP contribution in [0.1, 0.15) is 21.5 Å². The van der Waals surface area contributed by atoms with Crippen LogP contribution < -0.4 is 0 Å². The maximum absolute atomic E-state index is 11.6. The minimum Gasteiger partial charge on any atom is -0.478 e. The second kappa shape index (κ2) is 4.55. The van der Waals surface area contributed by atoms with Gasteiger partial charge in [-0.05, 0) is 31.1 Å². The van der Waals surface area contributed by atoms with Gasteiger partial charge < -0.3 is 5.11 Å². The number of aryl methyl sites for hydroxylation is 1. The Hall–Kier alpha value is -1.90. The third-order valence-corrected chi connectivity index (χ3v) is 2.25. The maximum Gasteiger partial charge on any atom is 0.328 e. The van der Waals surface area contributed by atoms with E-state index >= 15 is 0 Å². The van der Waals surface area contributed by atoms with Crippen molar-refractivity contribution in [1.82, 2.24) is 0 Å². The fourth-order valence-electron chi connectivity index (χ4n) is 1.25. The van der Waals surface area contributed by atoms with E-state index in [0.29, 0.717) is 5.56 Å². The molecule has 3 nitrogen and oxygen atoms in total. The van der Waals surface area contributed by atoms with Crippen molar-refractivity contribution < 1.29 is 14.7 Å². The predicted octanol–water partition coefficient (Wildman–Crippen LogP) is 2.13. The number of carbonyl (C=O) groups excluding carboxylic acids is 1. The monoisotopic (exact) mass is 204 g/mol. The molecule has 0 aliphatic rings. The van der Waals surface area contributed by atoms with E-state index in [2.05, 4.69) is 0 Å². The average molecular weight is 204 g/mol. The Labute approximate surface area is 88.0 Å². The smallest absolute Gasteiger partial charge is 0.328 e. The first-order valence-corrected chi connectivity index (χ1v) is 4.54. The average Bonchev–Trinajstić information content (AvgIpc) is 2.18. The number of hydrogen-bond acceptors (Lipinski definition) is 2. The first-order valence-electron chi connectivity index (χ1n) is 4.54. The Bertz CT molecular complexity index is 430. The van der Waals surface area contributed by atoms with E-state index in [1.807, 2.05) is 19.9 Å². The van der Waals surface area contributed by atoms with Crippen LogP contribution >= 0.6 is 0 Å². The zero-order valence-electron chi connectivity index (χ0n) is 8.65. The number of carbonyl (C=O) groups is 2. The molecule has 0 saturated carbocycles. The van der Waals surface area contributed by atoms with Crippen molar-refractivity contribution in [2.45, 2.75) is 13.8 Å². The lowest BCUT2D eigenvalue weighted by Crippen LogP contribution is -2.00. The van der Waals surface area contributed by atoms with E-state index in [1.54, 1.807) is 12.1 Å². The van der Waals surface area contributed by atoms with Gasteiger partial charge in [0.15, 0.2) is 5.78 Å². The molecule has 1 rings (SSSR count). The molecule has 78 valence electrons. The van der Waals surface area contributed by atoms with Gasteiger partial charge in [-0.15, -0.1) is 0 Å². The van der Waals surface area contributed by atoms with E-state index in [1.165, 1.54) is 0 Å². The molecule has 0 aliphatic carbocycles. The number of allylic oxidation sites excluding steroid dienone is 1. The molecule has 0 fully saturated rings. The summed E-state index contributed by atoms with van der Waals surface area (Å²) in [5, 5.41) is 8.39. The van der Waals surface area contributed by atoms with Crippen LogP contribution in [0.2, 0.25) is 0 Å². The molecular weight excluding hydrogens is 192 g/mol. The van der Waals surface area contributed by atoms with Gasteiger partial charge in [0.2, 0.25) is 0 Å². The summed E-state index contributed by atoms with van der Waals surface area (Å²) in [6, 6.07) is 5.38. The van der Waals surface area contributed by atoms with Gasteiger partial charge in [0.1, 0.15) is 0 Å². The lowest BCUT2D eigenvalue weighted by atomic mass is 10.00. The molecule has 3 heteroatoms. The third-order valence-electron chi connectivity index (χ3n) is 2.25. The molecule has 0 spiro atoms. The SMILES string of the molecule is Cc1cccc(C(=O)C=CC(=O)O)c1C. The van der Waals surface area contributed by atoms with Crippen molar-refractivity contribution in [1.29, 1.82) is 0 Å². The van der Waals surface area contributed by atoms with E-state index in [0.717, 1.165) is 23.3 Å². The summed E-state index contributed by atoms with van der Waals surface area (Å²) in [6.45, 7) is 3.75. The number of aliphatic carboxylic acids is 1. The highest BCUT2D eigenvalue weighted by Crippen LogP contribution is 2.13. The highest BCUT2D eigenvalue weighted by Gasteiger charge is 2.06. The summed E-state index contributed by atoms with van der Waals surface area (Å²) in [6.07, 6.45) is 1.92. The number of carboxylic acids is 1. The molecule has 0 aromatic heterocycles. The molecule has 1 N–H and O–H groups in total. The van der Waals surface area contributed by atoms with Gasteiger partial charge in [-0.2, -0.15) is 0 Å². The lowest BCUT2D eigenvalue weighted by Gasteiger charge is -2.04. The molecular formula is C12H12O3. The quantitative estimate of drug-likeness (QED) is 0.606. The first kappa shape index (κ1) is 11.2. The largest absolute Gasteiger partial charge is 0.478 e. The Balaban J connectivity index is 3.02. The second-order valence-corrected chi connectivity index (χ2v) is 3.28. The predicted molar refractivity (Wildman–Crippen MR) is 57.0 cm³/mol. The summed E-state index contributed by atoms with van der Waals surface area (Å²) in [5.74, 6) is -1.40. The molecule has 0 unspecified atom stereocenters. The van der Waals surface area contributed by atoms with Crippen LogP contribution in [0, 0.1) is 13.8 Å². The van der Waals surface area contributed by atoms with E-state index < -0.39 is 5.97 Å². The van der Waals surface area contributed by atoms with Crippen molar-refractivity contribution in [2.75, 3.05) is 0 Å². The topological polar surface area (TPSA) is 54.4 Å². The van der Waals surface area contributed by atoms with Crippen LogP contribution in [0.15, 0.2) is 30.4 Å². The third kappa shape index (κ3) is 2.77. The minimum atomic E-state index is -1.12. The van der Waals surface area contributed by atoms with Crippen molar-refractivity contribution in [3.63, 3.8) is 0 Å². The van der Waals surface area contributed by atoms with Crippen molar-refractivity contribution >= 4 is 11.8 Å². The summed E-state index contributed by atoms with van der Waals surface area (Å²) < 4.78 is 0. The molecule has 1 aromatic carbocycles. The summed E-state index contributed by atoms with van der Waals surface area (Å²) >= 11 is 0. The molecule has 0 radical (unpaired) electrons. The van der Waals surface area contributed by atoms with Crippen molar-refractivity contribution in [3.05, 3.63) is 47.0 Å². The molecule has 0 saturated heterocycles.